The number of carboxylic acid groups (broad SMARTS) is 1. The third-order valence-corrected chi connectivity index (χ3v) is 4.41. The van der Waals surface area contributed by atoms with Gasteiger partial charge in [0, 0.05) is 24.8 Å². The molecule has 7 heteroatoms. The van der Waals surface area contributed by atoms with Crippen LogP contribution in [0.4, 0.5) is 5.95 Å². The molecule has 0 aliphatic rings. The maximum Gasteiger partial charge on any atom is 0.339 e. The second kappa shape index (κ2) is 9.19. The van der Waals surface area contributed by atoms with Gasteiger partial charge in [-0.15, -0.1) is 0 Å². The second-order valence-corrected chi connectivity index (χ2v) is 6.68. The van der Waals surface area contributed by atoms with Gasteiger partial charge in [0.25, 0.3) is 0 Å². The summed E-state index contributed by atoms with van der Waals surface area (Å²) in [6.45, 7) is 0.703. The molecule has 0 bridgehead atoms. The van der Waals surface area contributed by atoms with Crippen molar-refractivity contribution in [1.82, 2.24) is 9.97 Å². The van der Waals surface area contributed by atoms with Gasteiger partial charge in [-0.2, -0.15) is 0 Å². The van der Waals surface area contributed by atoms with Crippen LogP contribution in [0.2, 0.25) is 5.02 Å². The van der Waals surface area contributed by atoms with Crippen LogP contribution >= 0.6 is 11.6 Å². The third-order valence-electron chi connectivity index (χ3n) is 4.18. The first-order chi connectivity index (χ1) is 13.5. The zero-order chi connectivity index (χ0) is 19.9. The van der Waals surface area contributed by atoms with Gasteiger partial charge in [0.2, 0.25) is 5.95 Å². The fourth-order valence-electron chi connectivity index (χ4n) is 2.63. The lowest BCUT2D eigenvalue weighted by Gasteiger charge is -2.18. The zero-order valence-electron chi connectivity index (χ0n) is 15.4. The molecule has 0 spiro atoms. The van der Waals surface area contributed by atoms with Crippen molar-refractivity contribution < 1.29 is 14.6 Å². The molecule has 0 saturated carbocycles. The molecule has 1 aromatic heterocycles. The molecule has 0 aliphatic heterocycles. The SMILES string of the molecule is CN(CCc1ccccc1)c1ncc(C(=O)O)c(COc2cccc(Cl)c2)n1. The smallest absolute Gasteiger partial charge is 0.339 e. The van der Waals surface area contributed by atoms with Crippen molar-refractivity contribution in [3.8, 4) is 5.75 Å². The fourth-order valence-corrected chi connectivity index (χ4v) is 2.81. The van der Waals surface area contributed by atoms with Crippen molar-refractivity contribution in [3.63, 3.8) is 0 Å². The Morgan fingerprint density at radius 1 is 1.18 bits per heavy atom. The number of carbonyl (C=O) groups is 1. The second-order valence-electron chi connectivity index (χ2n) is 6.24. The topological polar surface area (TPSA) is 75.6 Å². The molecule has 28 heavy (non-hydrogen) atoms. The summed E-state index contributed by atoms with van der Waals surface area (Å²) in [7, 11) is 1.88. The lowest BCUT2D eigenvalue weighted by atomic mass is 10.1. The lowest BCUT2D eigenvalue weighted by Crippen LogP contribution is -2.24. The molecule has 3 rings (SSSR count). The maximum atomic E-state index is 11.5. The summed E-state index contributed by atoms with van der Waals surface area (Å²) in [5.41, 5.74) is 1.53. The van der Waals surface area contributed by atoms with E-state index in [-0.39, 0.29) is 12.2 Å². The Balaban J connectivity index is 1.73. The molecule has 6 nitrogen and oxygen atoms in total. The van der Waals surface area contributed by atoms with Gasteiger partial charge in [-0.1, -0.05) is 48.0 Å². The molecule has 3 aromatic rings. The Kier molecular flexibility index (Phi) is 6.45. The van der Waals surface area contributed by atoms with E-state index < -0.39 is 5.97 Å². The van der Waals surface area contributed by atoms with Crippen molar-refractivity contribution in [2.75, 3.05) is 18.5 Å². The van der Waals surface area contributed by atoms with Gasteiger partial charge in [-0.05, 0) is 30.2 Å². The van der Waals surface area contributed by atoms with Gasteiger partial charge in [0.05, 0.1) is 5.69 Å². The van der Waals surface area contributed by atoms with E-state index in [0.29, 0.717) is 29.0 Å². The number of ether oxygens (including phenoxy) is 1. The summed E-state index contributed by atoms with van der Waals surface area (Å²) in [6, 6.07) is 17.0. The number of hydrogen-bond acceptors (Lipinski definition) is 5. The van der Waals surface area contributed by atoms with E-state index in [0.717, 1.165) is 6.42 Å². The van der Waals surface area contributed by atoms with Crippen LogP contribution in [0.5, 0.6) is 5.75 Å². The lowest BCUT2D eigenvalue weighted by molar-refractivity contribution is 0.0692. The van der Waals surface area contributed by atoms with E-state index in [2.05, 4.69) is 22.1 Å². The minimum absolute atomic E-state index is 0.00399. The maximum absolute atomic E-state index is 11.5. The minimum atomic E-state index is -1.09. The van der Waals surface area contributed by atoms with Crippen LogP contribution in [0.15, 0.2) is 60.8 Å². The summed E-state index contributed by atoms with van der Waals surface area (Å²) in [5.74, 6) is -0.102. The average Bonchev–Trinajstić information content (AvgIpc) is 2.71. The molecule has 1 N–H and O–H groups in total. The molecule has 0 unspecified atom stereocenters. The van der Waals surface area contributed by atoms with Crippen molar-refractivity contribution in [3.05, 3.63) is 82.6 Å². The summed E-state index contributed by atoms with van der Waals surface area (Å²) >= 11 is 5.95. The Labute approximate surface area is 168 Å². The van der Waals surface area contributed by atoms with Gasteiger partial charge in [-0.3, -0.25) is 0 Å². The third kappa shape index (κ3) is 5.20. The summed E-state index contributed by atoms with van der Waals surface area (Å²) in [4.78, 5) is 22.0. The van der Waals surface area contributed by atoms with Crippen LogP contribution in [0.3, 0.4) is 0 Å². The minimum Gasteiger partial charge on any atom is -0.487 e. The Morgan fingerprint density at radius 2 is 1.96 bits per heavy atom. The number of nitrogens with zero attached hydrogens (tertiary/aromatic N) is 3. The largest absolute Gasteiger partial charge is 0.487 e. The van der Waals surface area contributed by atoms with Crippen molar-refractivity contribution >= 4 is 23.5 Å². The van der Waals surface area contributed by atoms with Crippen LogP contribution in [0.25, 0.3) is 0 Å². The number of benzene rings is 2. The van der Waals surface area contributed by atoms with Crippen LogP contribution in [0.1, 0.15) is 21.6 Å². The molecule has 0 fully saturated rings. The van der Waals surface area contributed by atoms with Gasteiger partial charge < -0.3 is 14.7 Å². The highest BCUT2D eigenvalue weighted by Gasteiger charge is 2.16. The Morgan fingerprint density at radius 3 is 2.68 bits per heavy atom. The molecule has 0 radical (unpaired) electrons. The van der Waals surface area contributed by atoms with Gasteiger partial charge >= 0.3 is 5.97 Å². The number of rotatable bonds is 8. The molecular formula is C21H20ClN3O3. The number of hydrogen-bond donors (Lipinski definition) is 1. The number of aromatic carboxylic acids is 1. The first kappa shape index (κ1) is 19.6. The predicted octanol–water partition coefficient (Wildman–Crippen LogP) is 4.09. The van der Waals surface area contributed by atoms with Gasteiger partial charge in [0.1, 0.15) is 17.9 Å². The van der Waals surface area contributed by atoms with E-state index in [4.69, 9.17) is 16.3 Å². The van der Waals surface area contributed by atoms with E-state index >= 15 is 0 Å². The Bertz CT molecular complexity index is 951. The highest BCUT2D eigenvalue weighted by molar-refractivity contribution is 6.30. The summed E-state index contributed by atoms with van der Waals surface area (Å²) < 4.78 is 5.67. The van der Waals surface area contributed by atoms with E-state index in [1.807, 2.05) is 30.1 Å². The molecule has 0 atom stereocenters. The summed E-state index contributed by atoms with van der Waals surface area (Å²) in [6.07, 6.45) is 2.15. The van der Waals surface area contributed by atoms with Crippen LogP contribution in [-0.2, 0) is 13.0 Å². The molecule has 0 amide bonds. The number of anilines is 1. The van der Waals surface area contributed by atoms with Crippen molar-refractivity contribution in [1.29, 1.82) is 0 Å². The molecule has 0 aliphatic carbocycles. The highest BCUT2D eigenvalue weighted by atomic mass is 35.5. The van der Waals surface area contributed by atoms with E-state index in [1.165, 1.54) is 11.8 Å². The molecular weight excluding hydrogens is 378 g/mol. The van der Waals surface area contributed by atoms with Crippen molar-refractivity contribution in [2.24, 2.45) is 0 Å². The monoisotopic (exact) mass is 397 g/mol. The quantitative estimate of drug-likeness (QED) is 0.617. The average molecular weight is 398 g/mol. The van der Waals surface area contributed by atoms with E-state index in [9.17, 15) is 9.90 Å². The first-order valence-electron chi connectivity index (χ1n) is 8.75. The van der Waals surface area contributed by atoms with E-state index in [1.54, 1.807) is 24.3 Å². The van der Waals surface area contributed by atoms with Crippen LogP contribution < -0.4 is 9.64 Å². The zero-order valence-corrected chi connectivity index (χ0v) is 16.1. The molecule has 1 heterocycles. The van der Waals surface area contributed by atoms with Gasteiger partial charge in [-0.25, -0.2) is 14.8 Å². The van der Waals surface area contributed by atoms with Crippen LogP contribution in [-0.4, -0.2) is 34.6 Å². The highest BCUT2D eigenvalue weighted by Crippen LogP contribution is 2.19. The van der Waals surface area contributed by atoms with Gasteiger partial charge in [0.15, 0.2) is 0 Å². The predicted molar refractivity (Wildman–Crippen MR) is 108 cm³/mol. The number of likely N-dealkylation sites (N-methyl/N-ethyl adjacent to an activating group) is 1. The first-order valence-corrected chi connectivity index (χ1v) is 9.13. The Hall–Kier alpha value is -3.12. The number of halogens is 1. The normalized spacial score (nSPS) is 10.5. The van der Waals surface area contributed by atoms with Crippen molar-refractivity contribution in [2.45, 2.75) is 13.0 Å². The molecule has 0 saturated heterocycles. The molecule has 144 valence electrons. The standard InChI is InChI=1S/C21H20ClN3O3/c1-25(11-10-15-6-3-2-4-7-15)21-23-13-18(20(26)27)19(24-21)14-28-17-9-5-8-16(22)12-17/h2-9,12-13H,10-11,14H2,1H3,(H,26,27). The molecule has 2 aromatic carbocycles. The fraction of sp³-hybridized carbons (Fsp3) is 0.190. The number of carboxylic acids is 1. The summed E-state index contributed by atoms with van der Waals surface area (Å²) in [5, 5.41) is 9.96. The number of aromatic nitrogens is 2. The van der Waals surface area contributed by atoms with Crippen LogP contribution in [0, 0.1) is 0 Å².